The Hall–Kier alpha value is -2.26. The molecule has 0 bridgehead atoms. The third-order valence-electron chi connectivity index (χ3n) is 3.19. The number of aryl methyl sites for hydroxylation is 2. The first-order valence-electron chi connectivity index (χ1n) is 6.39. The average Bonchev–Trinajstić information content (AvgIpc) is 2.40. The summed E-state index contributed by atoms with van der Waals surface area (Å²) >= 11 is 5.89. The highest BCUT2D eigenvalue weighted by Gasteiger charge is 2.14. The van der Waals surface area contributed by atoms with Crippen molar-refractivity contribution < 1.29 is 15.0 Å². The number of rotatable bonds is 3. The molecule has 2 rings (SSSR count). The molecule has 0 spiro atoms. The van der Waals surface area contributed by atoms with Crippen LogP contribution in [0.5, 0.6) is 5.75 Å². The molecule has 0 aromatic heterocycles. The highest BCUT2D eigenvalue weighted by Crippen LogP contribution is 2.28. The SMILES string of the molecule is Cc1ccc(/C(=C/c2cc(Cl)ccc2O)C(=O)O)c(C)c1. The van der Waals surface area contributed by atoms with Crippen molar-refractivity contribution >= 4 is 29.2 Å². The van der Waals surface area contributed by atoms with Crippen LogP contribution in [-0.2, 0) is 4.79 Å². The van der Waals surface area contributed by atoms with Crippen molar-refractivity contribution in [1.29, 1.82) is 0 Å². The van der Waals surface area contributed by atoms with E-state index in [9.17, 15) is 15.0 Å². The van der Waals surface area contributed by atoms with E-state index in [4.69, 9.17) is 11.6 Å². The standard InChI is InChI=1S/C17H15ClO3/c1-10-3-5-14(11(2)7-10)15(17(20)21)9-12-8-13(18)4-6-16(12)19/h3-9,19H,1-2H3,(H,20,21)/b15-9-. The number of benzene rings is 2. The fourth-order valence-corrected chi connectivity index (χ4v) is 2.35. The maximum atomic E-state index is 11.6. The van der Waals surface area contributed by atoms with E-state index in [1.165, 1.54) is 18.2 Å². The van der Waals surface area contributed by atoms with E-state index in [1.54, 1.807) is 12.1 Å². The molecule has 2 aromatic carbocycles. The van der Waals surface area contributed by atoms with Crippen LogP contribution < -0.4 is 0 Å². The minimum atomic E-state index is -1.05. The summed E-state index contributed by atoms with van der Waals surface area (Å²) in [5, 5.41) is 19.7. The smallest absolute Gasteiger partial charge is 0.336 e. The number of hydrogen-bond acceptors (Lipinski definition) is 2. The quantitative estimate of drug-likeness (QED) is 0.657. The van der Waals surface area contributed by atoms with E-state index in [0.717, 1.165) is 11.1 Å². The number of carboxylic acids is 1. The van der Waals surface area contributed by atoms with Crippen LogP contribution in [0, 0.1) is 13.8 Å². The Balaban J connectivity index is 2.60. The largest absolute Gasteiger partial charge is 0.507 e. The number of hydrogen-bond donors (Lipinski definition) is 2. The first-order chi connectivity index (χ1) is 9.88. The Kier molecular flexibility index (Phi) is 4.34. The van der Waals surface area contributed by atoms with Gasteiger partial charge in [0.05, 0.1) is 5.57 Å². The maximum absolute atomic E-state index is 11.6. The normalized spacial score (nSPS) is 11.5. The topological polar surface area (TPSA) is 57.5 Å². The lowest BCUT2D eigenvalue weighted by Gasteiger charge is -2.09. The highest BCUT2D eigenvalue weighted by atomic mass is 35.5. The molecule has 4 heteroatoms. The van der Waals surface area contributed by atoms with Crippen LogP contribution in [0.15, 0.2) is 36.4 Å². The van der Waals surface area contributed by atoms with Crippen molar-refractivity contribution in [2.45, 2.75) is 13.8 Å². The van der Waals surface area contributed by atoms with Crippen molar-refractivity contribution in [1.82, 2.24) is 0 Å². The molecule has 0 aliphatic carbocycles. The molecule has 3 nitrogen and oxygen atoms in total. The van der Waals surface area contributed by atoms with Gasteiger partial charge in [0.15, 0.2) is 0 Å². The first kappa shape index (κ1) is 15.1. The summed E-state index contributed by atoms with van der Waals surface area (Å²) in [5.74, 6) is -1.07. The summed E-state index contributed by atoms with van der Waals surface area (Å²) < 4.78 is 0. The summed E-state index contributed by atoms with van der Waals surface area (Å²) in [5.41, 5.74) is 3.04. The van der Waals surface area contributed by atoms with E-state index in [0.29, 0.717) is 16.1 Å². The summed E-state index contributed by atoms with van der Waals surface area (Å²) in [6, 6.07) is 10.1. The molecule has 0 atom stereocenters. The van der Waals surface area contributed by atoms with E-state index in [1.807, 2.05) is 26.0 Å². The van der Waals surface area contributed by atoms with Gasteiger partial charge in [0.2, 0.25) is 0 Å². The molecule has 0 unspecified atom stereocenters. The predicted molar refractivity (Wildman–Crippen MR) is 84.5 cm³/mol. The third kappa shape index (κ3) is 3.44. The Morgan fingerprint density at radius 2 is 1.86 bits per heavy atom. The number of phenols is 1. The zero-order chi connectivity index (χ0) is 15.6. The number of phenolic OH excluding ortho intramolecular Hbond substituents is 1. The number of carboxylic acid groups (broad SMARTS) is 1. The van der Waals surface area contributed by atoms with Crippen molar-refractivity contribution in [3.63, 3.8) is 0 Å². The van der Waals surface area contributed by atoms with Crippen LogP contribution in [0.1, 0.15) is 22.3 Å². The monoisotopic (exact) mass is 302 g/mol. The molecule has 0 radical (unpaired) electrons. The zero-order valence-corrected chi connectivity index (χ0v) is 12.5. The Morgan fingerprint density at radius 3 is 2.48 bits per heavy atom. The van der Waals surface area contributed by atoms with Gasteiger partial charge < -0.3 is 10.2 Å². The molecule has 0 aliphatic heterocycles. The van der Waals surface area contributed by atoms with Gasteiger partial charge in [0, 0.05) is 10.6 Å². The van der Waals surface area contributed by atoms with Gasteiger partial charge in [-0.05, 0) is 49.2 Å². The number of aromatic hydroxyl groups is 1. The van der Waals surface area contributed by atoms with Crippen molar-refractivity contribution in [3.05, 3.63) is 63.7 Å². The van der Waals surface area contributed by atoms with Crippen molar-refractivity contribution in [3.8, 4) is 5.75 Å². The van der Waals surface area contributed by atoms with Gasteiger partial charge >= 0.3 is 5.97 Å². The second kappa shape index (κ2) is 6.02. The molecule has 0 amide bonds. The average molecular weight is 303 g/mol. The lowest BCUT2D eigenvalue weighted by Crippen LogP contribution is -2.02. The Morgan fingerprint density at radius 1 is 1.14 bits per heavy atom. The van der Waals surface area contributed by atoms with Gasteiger partial charge in [-0.1, -0.05) is 35.4 Å². The third-order valence-corrected chi connectivity index (χ3v) is 3.43. The summed E-state index contributed by atoms with van der Waals surface area (Å²) in [4.78, 5) is 11.6. The maximum Gasteiger partial charge on any atom is 0.336 e. The molecule has 2 N–H and O–H groups in total. The van der Waals surface area contributed by atoms with Gasteiger partial charge in [-0.15, -0.1) is 0 Å². The fraction of sp³-hybridized carbons (Fsp3) is 0.118. The first-order valence-corrected chi connectivity index (χ1v) is 6.77. The molecule has 108 valence electrons. The molecule has 2 aromatic rings. The van der Waals surface area contributed by atoms with E-state index >= 15 is 0 Å². The van der Waals surface area contributed by atoms with Crippen LogP contribution in [0.25, 0.3) is 11.6 Å². The van der Waals surface area contributed by atoms with E-state index in [2.05, 4.69) is 0 Å². The molecule has 0 fully saturated rings. The second-order valence-corrected chi connectivity index (χ2v) is 5.32. The van der Waals surface area contributed by atoms with Crippen molar-refractivity contribution in [2.75, 3.05) is 0 Å². The van der Waals surface area contributed by atoms with Crippen LogP contribution in [-0.4, -0.2) is 16.2 Å². The minimum Gasteiger partial charge on any atom is -0.507 e. The number of halogens is 1. The highest BCUT2D eigenvalue weighted by molar-refractivity contribution is 6.31. The fourth-order valence-electron chi connectivity index (χ4n) is 2.17. The number of carbonyl (C=O) groups is 1. The lowest BCUT2D eigenvalue weighted by molar-refractivity contribution is -0.130. The summed E-state index contributed by atoms with van der Waals surface area (Å²) in [6.07, 6.45) is 1.43. The second-order valence-electron chi connectivity index (χ2n) is 4.88. The van der Waals surface area contributed by atoms with Crippen LogP contribution in [0.4, 0.5) is 0 Å². The Labute approximate surface area is 128 Å². The van der Waals surface area contributed by atoms with Crippen molar-refractivity contribution in [2.24, 2.45) is 0 Å². The van der Waals surface area contributed by atoms with Gasteiger partial charge in [-0.3, -0.25) is 0 Å². The predicted octanol–water partition coefficient (Wildman–Crippen LogP) is 4.29. The van der Waals surface area contributed by atoms with E-state index < -0.39 is 5.97 Å². The van der Waals surface area contributed by atoms with Crippen LogP contribution >= 0.6 is 11.6 Å². The van der Waals surface area contributed by atoms with E-state index in [-0.39, 0.29) is 11.3 Å². The molecular weight excluding hydrogens is 288 g/mol. The molecule has 0 saturated heterocycles. The van der Waals surface area contributed by atoms with Gasteiger partial charge in [-0.25, -0.2) is 4.79 Å². The molecule has 0 aliphatic rings. The molecule has 21 heavy (non-hydrogen) atoms. The van der Waals surface area contributed by atoms with Crippen LogP contribution in [0.3, 0.4) is 0 Å². The molecule has 0 heterocycles. The summed E-state index contributed by atoms with van der Waals surface area (Å²) in [7, 11) is 0. The van der Waals surface area contributed by atoms with Gasteiger partial charge in [0.25, 0.3) is 0 Å². The van der Waals surface area contributed by atoms with Crippen LogP contribution in [0.2, 0.25) is 5.02 Å². The molecular formula is C17H15ClO3. The van der Waals surface area contributed by atoms with Gasteiger partial charge in [-0.2, -0.15) is 0 Å². The lowest BCUT2D eigenvalue weighted by atomic mass is 9.97. The summed E-state index contributed by atoms with van der Waals surface area (Å²) in [6.45, 7) is 3.81. The number of aliphatic carboxylic acids is 1. The minimum absolute atomic E-state index is 0.0112. The molecule has 0 saturated carbocycles. The van der Waals surface area contributed by atoms with Gasteiger partial charge in [0.1, 0.15) is 5.75 Å². The Bertz CT molecular complexity index is 733. The zero-order valence-electron chi connectivity index (χ0n) is 11.7.